The van der Waals surface area contributed by atoms with E-state index in [1.165, 1.54) is 16.2 Å². The third-order valence-corrected chi connectivity index (χ3v) is 7.42. The smallest absolute Gasteiger partial charge is 0.255 e. The first-order valence-electron chi connectivity index (χ1n) is 12.2. The Morgan fingerprint density at radius 3 is 2.55 bits per heavy atom. The number of fused-ring (bicyclic) bond motifs is 1. The highest BCUT2D eigenvalue weighted by atomic mass is 32.1. The maximum atomic E-state index is 13.4. The van der Waals surface area contributed by atoms with E-state index in [1.54, 1.807) is 23.2 Å². The molecule has 2 aromatic heterocycles. The Kier molecular flexibility index (Phi) is 7.23. The van der Waals surface area contributed by atoms with Crippen LogP contribution in [0.3, 0.4) is 0 Å². The first kappa shape index (κ1) is 25.6. The lowest BCUT2D eigenvalue weighted by molar-refractivity contribution is -0.155. The number of nitrogens with zero attached hydrogens (tertiary/aromatic N) is 4. The summed E-state index contributed by atoms with van der Waals surface area (Å²) in [5, 5.41) is 30.5. The van der Waals surface area contributed by atoms with Crippen LogP contribution < -0.4 is 11.1 Å². The van der Waals surface area contributed by atoms with E-state index in [9.17, 15) is 19.8 Å². The fourth-order valence-electron chi connectivity index (χ4n) is 4.72. The molecule has 5 rings (SSSR count). The highest BCUT2D eigenvalue weighted by Crippen LogP contribution is 2.36. The molecule has 5 N–H and O–H groups in total. The van der Waals surface area contributed by atoms with Crippen molar-refractivity contribution in [3.8, 4) is 5.69 Å². The van der Waals surface area contributed by atoms with Gasteiger partial charge in [-0.15, -0.1) is 11.3 Å². The largest absolute Gasteiger partial charge is 0.380 e. The van der Waals surface area contributed by atoms with Gasteiger partial charge in [0.15, 0.2) is 17.3 Å². The molecule has 3 heterocycles. The molecule has 1 aliphatic rings. The van der Waals surface area contributed by atoms with Crippen molar-refractivity contribution in [3.05, 3.63) is 94.8 Å². The zero-order chi connectivity index (χ0) is 26.8. The summed E-state index contributed by atoms with van der Waals surface area (Å²) in [7, 11) is 0. The van der Waals surface area contributed by atoms with Crippen molar-refractivity contribution in [1.29, 1.82) is 0 Å². The van der Waals surface area contributed by atoms with Crippen LogP contribution in [0.2, 0.25) is 0 Å². The van der Waals surface area contributed by atoms with Gasteiger partial charge in [0, 0.05) is 24.3 Å². The zero-order valence-electron chi connectivity index (χ0n) is 20.6. The monoisotopic (exact) mass is 532 g/mol. The van der Waals surface area contributed by atoms with Gasteiger partial charge in [0.2, 0.25) is 0 Å². The summed E-state index contributed by atoms with van der Waals surface area (Å²) in [6.45, 7) is 2.05. The number of anilines is 1. The lowest BCUT2D eigenvalue weighted by Gasteiger charge is -2.38. The number of thiazole rings is 1. The van der Waals surface area contributed by atoms with E-state index in [0.29, 0.717) is 23.8 Å². The number of hydrogen-bond donors (Lipinski definition) is 4. The van der Waals surface area contributed by atoms with Crippen LogP contribution in [-0.2, 0) is 16.0 Å². The Bertz CT molecular complexity index is 1420. The first-order valence-corrected chi connectivity index (χ1v) is 13.1. The van der Waals surface area contributed by atoms with Gasteiger partial charge in [-0.05, 0) is 48.2 Å². The molecule has 0 bridgehead atoms. The van der Waals surface area contributed by atoms with Crippen LogP contribution >= 0.6 is 11.3 Å². The minimum absolute atomic E-state index is 0.294. The molecule has 2 amide bonds. The molecule has 1 aliphatic heterocycles. The van der Waals surface area contributed by atoms with E-state index in [-0.39, 0.29) is 0 Å². The van der Waals surface area contributed by atoms with Gasteiger partial charge in [-0.2, -0.15) is 5.10 Å². The fraction of sp³-hybridized carbons (Fsp3) is 0.259. The first-order chi connectivity index (χ1) is 18.3. The molecule has 0 aliphatic carbocycles. The Balaban J connectivity index is 1.29. The standard InChI is InChI=1S/C27H28N6O4S/c1-16(17-7-9-19(10-8-17)33-13-4-12-29-33)30-25(36)23(34)24(35)26(37)32-14-11-18-5-2-3-6-20(18)22(32)21-15-38-27(28)31-21/h2-10,12-13,15-16,22-24,34-35H,11,14H2,1H3,(H2,28,31)(H,30,36)/t16-,22-,23-,24-/m1/s1. The number of aliphatic hydroxyl groups is 2. The number of aliphatic hydroxyl groups excluding tert-OH is 2. The average molecular weight is 533 g/mol. The summed E-state index contributed by atoms with van der Waals surface area (Å²) in [5.74, 6) is -1.60. The SMILES string of the molecule is C[C@@H](NC(=O)[C@H](O)[C@@H](O)C(=O)N1CCc2ccccc2[C@@H]1c1csc(N)n1)c1ccc(-n2cccn2)cc1. The maximum Gasteiger partial charge on any atom is 0.255 e. The van der Waals surface area contributed by atoms with Gasteiger partial charge in [-0.1, -0.05) is 36.4 Å². The van der Waals surface area contributed by atoms with Gasteiger partial charge in [0.05, 0.1) is 17.4 Å². The number of carbonyl (C=O) groups excluding carboxylic acids is 2. The molecule has 4 atom stereocenters. The maximum absolute atomic E-state index is 13.4. The molecule has 0 fully saturated rings. The number of carbonyl (C=O) groups is 2. The highest BCUT2D eigenvalue weighted by molar-refractivity contribution is 7.13. The summed E-state index contributed by atoms with van der Waals surface area (Å²) < 4.78 is 1.71. The topological polar surface area (TPSA) is 147 Å². The fourth-order valence-corrected chi connectivity index (χ4v) is 5.30. The number of aromatic nitrogens is 3. The molecule has 0 saturated heterocycles. The van der Waals surface area contributed by atoms with Crippen molar-refractivity contribution in [2.24, 2.45) is 0 Å². The molecule has 0 radical (unpaired) electrons. The Labute approximate surface area is 223 Å². The van der Waals surface area contributed by atoms with E-state index in [0.717, 1.165) is 22.4 Å². The normalized spacial score (nSPS) is 17.3. The van der Waals surface area contributed by atoms with Gasteiger partial charge < -0.3 is 26.2 Å². The van der Waals surface area contributed by atoms with Gasteiger partial charge in [-0.25, -0.2) is 9.67 Å². The summed E-state index contributed by atoms with van der Waals surface area (Å²) in [6, 6.07) is 15.9. The van der Waals surface area contributed by atoms with Gasteiger partial charge >= 0.3 is 0 Å². The molecule has 0 unspecified atom stereocenters. The van der Waals surface area contributed by atoms with E-state index in [2.05, 4.69) is 15.4 Å². The van der Waals surface area contributed by atoms with Crippen molar-refractivity contribution in [1.82, 2.24) is 25.0 Å². The van der Waals surface area contributed by atoms with Crippen molar-refractivity contribution >= 4 is 28.3 Å². The molecule has 10 nitrogen and oxygen atoms in total. The molecule has 4 aromatic rings. The highest BCUT2D eigenvalue weighted by Gasteiger charge is 2.40. The number of nitrogens with two attached hydrogens (primary N) is 1. The van der Waals surface area contributed by atoms with E-state index < -0.39 is 36.1 Å². The average Bonchev–Trinajstić information content (AvgIpc) is 3.63. The second-order valence-corrected chi connectivity index (χ2v) is 10.0. The molecule has 38 heavy (non-hydrogen) atoms. The third-order valence-electron chi connectivity index (χ3n) is 6.73. The van der Waals surface area contributed by atoms with Gasteiger partial charge in [0.1, 0.15) is 6.04 Å². The quantitative estimate of drug-likeness (QED) is 0.285. The Morgan fingerprint density at radius 2 is 1.87 bits per heavy atom. The van der Waals surface area contributed by atoms with Crippen LogP contribution in [-0.4, -0.2) is 60.4 Å². The number of benzene rings is 2. The minimum Gasteiger partial charge on any atom is -0.380 e. The van der Waals surface area contributed by atoms with Crippen LogP contribution in [0.5, 0.6) is 0 Å². The molecule has 11 heteroatoms. The summed E-state index contributed by atoms with van der Waals surface area (Å²) in [5.41, 5.74) is 10.0. The molecular weight excluding hydrogens is 504 g/mol. The lowest BCUT2D eigenvalue weighted by Crippen LogP contribution is -2.53. The summed E-state index contributed by atoms with van der Waals surface area (Å²) in [4.78, 5) is 32.1. The number of hydrogen-bond acceptors (Lipinski definition) is 8. The lowest BCUT2D eigenvalue weighted by atomic mass is 9.90. The summed E-state index contributed by atoms with van der Waals surface area (Å²) in [6.07, 6.45) is 0.171. The van der Waals surface area contributed by atoms with Crippen molar-refractivity contribution in [3.63, 3.8) is 0 Å². The van der Waals surface area contributed by atoms with Crippen molar-refractivity contribution in [2.75, 3.05) is 12.3 Å². The second kappa shape index (κ2) is 10.7. The molecule has 0 spiro atoms. The minimum atomic E-state index is -1.95. The third kappa shape index (κ3) is 5.03. The van der Waals surface area contributed by atoms with Crippen LogP contribution in [0.25, 0.3) is 5.69 Å². The predicted molar refractivity (Wildman–Crippen MR) is 142 cm³/mol. The van der Waals surface area contributed by atoms with E-state index >= 15 is 0 Å². The van der Waals surface area contributed by atoms with Crippen molar-refractivity contribution in [2.45, 2.75) is 37.6 Å². The van der Waals surface area contributed by atoms with E-state index in [4.69, 9.17) is 5.73 Å². The van der Waals surface area contributed by atoms with Crippen LogP contribution in [0.4, 0.5) is 5.13 Å². The molecule has 2 aromatic carbocycles. The van der Waals surface area contributed by atoms with Gasteiger partial charge in [0.25, 0.3) is 11.8 Å². The van der Waals surface area contributed by atoms with Crippen LogP contribution in [0.1, 0.15) is 41.4 Å². The summed E-state index contributed by atoms with van der Waals surface area (Å²) >= 11 is 1.26. The number of nitrogen functional groups attached to an aromatic ring is 1. The van der Waals surface area contributed by atoms with E-state index in [1.807, 2.05) is 60.8 Å². The van der Waals surface area contributed by atoms with Crippen LogP contribution in [0, 0.1) is 0 Å². The molecular formula is C27H28N6O4S. The zero-order valence-corrected chi connectivity index (χ0v) is 21.5. The van der Waals surface area contributed by atoms with Crippen molar-refractivity contribution < 1.29 is 19.8 Å². The number of nitrogens with one attached hydrogen (secondary N) is 1. The van der Waals surface area contributed by atoms with Gasteiger partial charge in [-0.3, -0.25) is 9.59 Å². The molecule has 0 saturated carbocycles. The second-order valence-electron chi connectivity index (χ2n) is 9.16. The number of amides is 2. The Hall–Kier alpha value is -4.06. The van der Waals surface area contributed by atoms with Crippen LogP contribution in [0.15, 0.2) is 72.4 Å². The Morgan fingerprint density at radius 1 is 1.11 bits per heavy atom. The number of rotatable bonds is 7. The predicted octanol–water partition coefficient (Wildman–Crippen LogP) is 1.98. The molecule has 196 valence electrons.